The summed E-state index contributed by atoms with van der Waals surface area (Å²) in [5, 5.41) is 14.5. The van der Waals surface area contributed by atoms with Crippen LogP contribution in [0.3, 0.4) is 0 Å². The monoisotopic (exact) mass is 481 g/mol. The van der Waals surface area contributed by atoms with Crippen molar-refractivity contribution in [2.45, 2.75) is 31.4 Å². The number of nitrogens with one attached hydrogen (secondary N) is 1. The van der Waals surface area contributed by atoms with Gasteiger partial charge in [0.1, 0.15) is 17.6 Å². The molecule has 0 aliphatic carbocycles. The summed E-state index contributed by atoms with van der Waals surface area (Å²) in [4.78, 5) is 5.65. The number of rotatable bonds is 6. The zero-order valence-corrected chi connectivity index (χ0v) is 17.9. The highest BCUT2D eigenvalue weighted by atomic mass is 19.3. The Morgan fingerprint density at radius 2 is 2.18 bits per heavy atom. The Morgan fingerprint density at radius 3 is 2.94 bits per heavy atom. The van der Waals surface area contributed by atoms with Crippen LogP contribution in [0.15, 0.2) is 30.5 Å². The molecule has 0 spiro atoms. The van der Waals surface area contributed by atoms with Crippen LogP contribution in [0.4, 0.5) is 23.5 Å². The number of aromatic nitrogens is 6. The second kappa shape index (κ2) is 8.38. The van der Waals surface area contributed by atoms with Crippen molar-refractivity contribution in [3.05, 3.63) is 30.5 Å². The van der Waals surface area contributed by atoms with Crippen LogP contribution in [-0.2, 0) is 6.54 Å². The number of alkyl halides is 4. The molecule has 4 heterocycles. The summed E-state index contributed by atoms with van der Waals surface area (Å²) in [5.74, 6) is -3.64. The highest BCUT2D eigenvalue weighted by Gasteiger charge is 2.44. The van der Waals surface area contributed by atoms with E-state index < -0.39 is 38.5 Å². The van der Waals surface area contributed by atoms with E-state index in [2.05, 4.69) is 25.7 Å². The third-order valence-electron chi connectivity index (χ3n) is 5.81. The lowest BCUT2D eigenvalue weighted by atomic mass is 10.0. The van der Waals surface area contributed by atoms with Crippen molar-refractivity contribution >= 4 is 22.5 Å². The lowest BCUT2D eigenvalue weighted by molar-refractivity contribution is -0.0675. The smallest absolute Gasteiger partial charge is 0.280 e. The number of benzene rings is 1. The number of halogens is 4. The van der Waals surface area contributed by atoms with Gasteiger partial charge in [0.05, 0.1) is 29.3 Å². The molecule has 0 saturated carbocycles. The van der Waals surface area contributed by atoms with Gasteiger partial charge < -0.3 is 15.0 Å². The molecule has 9 nitrogen and oxygen atoms in total. The number of piperidine rings is 1. The number of fused-ring (bicyclic) bond motifs is 2. The van der Waals surface area contributed by atoms with Crippen molar-refractivity contribution in [2.24, 2.45) is 0 Å². The number of methoxy groups -OCH3 is 1. The van der Waals surface area contributed by atoms with E-state index in [1.807, 2.05) is 0 Å². The van der Waals surface area contributed by atoms with Crippen molar-refractivity contribution in [1.82, 2.24) is 34.5 Å². The molecular weight excluding hydrogens is 456 g/mol. The molecule has 0 radical (unpaired) electrons. The van der Waals surface area contributed by atoms with E-state index in [1.165, 1.54) is 15.6 Å². The van der Waals surface area contributed by atoms with E-state index in [0.29, 0.717) is 28.7 Å². The molecule has 1 saturated heterocycles. The lowest BCUT2D eigenvalue weighted by Crippen LogP contribution is -2.53. The minimum Gasteiger partial charge on any atom is -0.479 e. The first-order chi connectivity index (χ1) is 17.4. The summed E-state index contributed by atoms with van der Waals surface area (Å²) in [7, 11) is -1.29. The molecule has 5 rings (SSSR count). The van der Waals surface area contributed by atoms with Crippen LogP contribution in [0.5, 0.6) is 5.88 Å². The van der Waals surface area contributed by atoms with Crippen molar-refractivity contribution in [3.63, 3.8) is 0 Å². The van der Waals surface area contributed by atoms with Gasteiger partial charge >= 0.3 is 0 Å². The fourth-order valence-corrected chi connectivity index (χ4v) is 4.20. The minimum atomic E-state index is -3.07. The molecule has 0 bridgehead atoms. The first kappa shape index (κ1) is 18.9. The van der Waals surface area contributed by atoms with Crippen LogP contribution in [0, 0.1) is 0 Å². The normalized spacial score (nSPS) is 20.4. The Bertz CT molecular complexity index is 1440. The summed E-state index contributed by atoms with van der Waals surface area (Å²) in [6.07, 6.45) is -1.02. The second-order valence-corrected chi connectivity index (χ2v) is 8.22. The van der Waals surface area contributed by atoms with Crippen molar-refractivity contribution in [1.29, 1.82) is 0 Å². The van der Waals surface area contributed by atoms with E-state index in [0.717, 1.165) is 4.68 Å². The number of hydrogen-bond acceptors (Lipinski definition) is 7. The van der Waals surface area contributed by atoms with Gasteiger partial charge in [-0.2, -0.15) is 4.98 Å². The highest BCUT2D eigenvalue weighted by Crippen LogP contribution is 2.34. The molecular formula is C21H22F4N8O. The molecule has 1 fully saturated rings. The predicted octanol–water partition coefficient (Wildman–Crippen LogP) is 3.17. The van der Waals surface area contributed by atoms with Gasteiger partial charge in [-0.1, -0.05) is 11.3 Å². The number of anilines is 1. The first-order valence-corrected chi connectivity index (χ1v) is 10.4. The Labute approximate surface area is 195 Å². The standard InChI is InChI=1S/C21H22F4N8O/c1-31-7-6-16(21(24,25)11-31)26-20-27-19(34-2)18-13(5-8-32(18)29-20)12-3-4-14-15(9-12)33(30-28-14)10-17(22)23/h3-5,8-9,16-17H,6-7,10-11H2,1-2H3,(H,26,29)/i2D3. The van der Waals surface area contributed by atoms with Crippen LogP contribution < -0.4 is 10.1 Å². The SMILES string of the molecule is [2H]C([2H])([2H])Oc1nc(NC2CCN(C)CC2(F)F)nn2ccc(-c3ccc4nnn(CC(F)F)c4c3)c12. The predicted molar refractivity (Wildman–Crippen MR) is 117 cm³/mol. The summed E-state index contributed by atoms with van der Waals surface area (Å²) < 4.78 is 85.3. The third-order valence-corrected chi connectivity index (χ3v) is 5.81. The maximum Gasteiger partial charge on any atom is 0.280 e. The van der Waals surface area contributed by atoms with Gasteiger partial charge in [-0.25, -0.2) is 26.8 Å². The molecule has 1 unspecified atom stereocenters. The van der Waals surface area contributed by atoms with Crippen molar-refractivity contribution < 1.29 is 26.4 Å². The quantitative estimate of drug-likeness (QED) is 0.424. The maximum absolute atomic E-state index is 14.6. The first-order valence-electron chi connectivity index (χ1n) is 11.9. The topological polar surface area (TPSA) is 85.4 Å². The average Bonchev–Trinajstić information content (AvgIpc) is 3.38. The number of ether oxygens (including phenoxy) is 1. The minimum absolute atomic E-state index is 0.123. The molecule has 1 N–H and O–H groups in total. The van der Waals surface area contributed by atoms with Crippen LogP contribution in [-0.4, -0.2) is 80.1 Å². The number of nitrogens with zero attached hydrogens (tertiary/aromatic N) is 7. The highest BCUT2D eigenvalue weighted by molar-refractivity contribution is 5.89. The van der Waals surface area contributed by atoms with Crippen molar-refractivity contribution in [2.75, 3.05) is 32.5 Å². The largest absolute Gasteiger partial charge is 0.479 e. The molecule has 13 heteroatoms. The Hall–Kier alpha value is -3.48. The van der Waals surface area contributed by atoms with E-state index in [1.54, 1.807) is 31.3 Å². The summed E-state index contributed by atoms with van der Waals surface area (Å²) in [6, 6.07) is 5.17. The van der Waals surface area contributed by atoms with Gasteiger partial charge in [-0.15, -0.1) is 10.2 Å². The van der Waals surface area contributed by atoms with E-state index in [-0.39, 0.29) is 23.8 Å². The van der Waals surface area contributed by atoms with Gasteiger partial charge in [0.2, 0.25) is 11.8 Å². The molecule has 1 aromatic carbocycles. The van der Waals surface area contributed by atoms with Crippen LogP contribution >= 0.6 is 0 Å². The van der Waals surface area contributed by atoms with Gasteiger partial charge in [0.15, 0.2) is 0 Å². The van der Waals surface area contributed by atoms with Gasteiger partial charge in [0, 0.05) is 18.3 Å². The molecule has 1 atom stereocenters. The van der Waals surface area contributed by atoms with E-state index in [9.17, 15) is 17.6 Å². The third kappa shape index (κ3) is 4.00. The summed E-state index contributed by atoms with van der Waals surface area (Å²) in [5.41, 5.74) is 1.84. The second-order valence-electron chi connectivity index (χ2n) is 8.22. The Morgan fingerprint density at radius 1 is 1.32 bits per heavy atom. The van der Waals surface area contributed by atoms with Crippen LogP contribution in [0.2, 0.25) is 0 Å². The van der Waals surface area contributed by atoms with Gasteiger partial charge in [-0.3, -0.25) is 0 Å². The fourth-order valence-electron chi connectivity index (χ4n) is 4.20. The Kier molecular flexibility index (Phi) is 4.66. The zero-order valence-electron chi connectivity index (χ0n) is 20.9. The molecule has 180 valence electrons. The fraction of sp³-hybridized carbons (Fsp3) is 0.429. The molecule has 34 heavy (non-hydrogen) atoms. The zero-order chi connectivity index (χ0) is 26.5. The maximum atomic E-state index is 14.6. The van der Waals surface area contributed by atoms with Crippen LogP contribution in [0.25, 0.3) is 27.7 Å². The Balaban J connectivity index is 1.58. The molecule has 4 aromatic rings. The van der Waals surface area contributed by atoms with Gasteiger partial charge in [-0.05, 0) is 37.2 Å². The summed E-state index contributed by atoms with van der Waals surface area (Å²) in [6.45, 7) is -0.663. The van der Waals surface area contributed by atoms with E-state index >= 15 is 0 Å². The number of hydrogen-bond donors (Lipinski definition) is 1. The molecule has 1 aliphatic rings. The molecule has 0 amide bonds. The summed E-state index contributed by atoms with van der Waals surface area (Å²) >= 11 is 0. The van der Waals surface area contributed by atoms with E-state index in [4.69, 9.17) is 8.85 Å². The van der Waals surface area contributed by atoms with Crippen molar-refractivity contribution in [3.8, 4) is 17.0 Å². The lowest BCUT2D eigenvalue weighted by Gasteiger charge is -2.36. The van der Waals surface area contributed by atoms with Crippen LogP contribution in [0.1, 0.15) is 10.5 Å². The molecule has 1 aliphatic heterocycles. The number of likely N-dealkylation sites (tertiary alicyclic amines) is 1. The average molecular weight is 481 g/mol. The van der Waals surface area contributed by atoms with Gasteiger partial charge in [0.25, 0.3) is 12.3 Å². The molecule has 3 aromatic heterocycles.